The summed E-state index contributed by atoms with van der Waals surface area (Å²) in [5, 5.41) is 9.30. The number of hydrogen-bond donors (Lipinski definition) is 0. The molecule has 8 nitrogen and oxygen atoms in total. The molecule has 6 rings (SSSR count). The van der Waals surface area contributed by atoms with Crippen LogP contribution in [-0.2, 0) is 0 Å². The predicted molar refractivity (Wildman–Crippen MR) is 144 cm³/mol. The Hall–Kier alpha value is -4.63. The van der Waals surface area contributed by atoms with Crippen molar-refractivity contribution in [2.24, 2.45) is 0 Å². The van der Waals surface area contributed by atoms with Gasteiger partial charge in [0.05, 0.1) is 16.8 Å². The summed E-state index contributed by atoms with van der Waals surface area (Å²) in [5.74, 6) is 1.32. The van der Waals surface area contributed by atoms with Crippen LogP contribution >= 0.6 is 11.3 Å². The Morgan fingerprint density at radius 2 is 1.73 bits per heavy atom. The second-order valence-electron chi connectivity index (χ2n) is 8.37. The molecule has 0 aliphatic rings. The Morgan fingerprint density at radius 1 is 0.946 bits per heavy atom. The van der Waals surface area contributed by atoms with Crippen LogP contribution in [0.3, 0.4) is 0 Å². The van der Waals surface area contributed by atoms with Gasteiger partial charge in [-0.15, -0.1) is 5.10 Å². The minimum Gasteiger partial charge on any atom is -0.494 e. The lowest BCUT2D eigenvalue weighted by Crippen LogP contribution is -2.23. The molecular formula is C28H22N6O2S. The number of benzene rings is 2. The Balaban J connectivity index is 1.44. The average molecular weight is 507 g/mol. The van der Waals surface area contributed by atoms with E-state index in [2.05, 4.69) is 22.0 Å². The summed E-state index contributed by atoms with van der Waals surface area (Å²) < 4.78 is 9.45. The van der Waals surface area contributed by atoms with Gasteiger partial charge in [-0.2, -0.15) is 14.6 Å². The summed E-state index contributed by atoms with van der Waals surface area (Å²) in [5.41, 5.74) is 4.04. The third kappa shape index (κ3) is 4.52. The third-order valence-electron chi connectivity index (χ3n) is 5.77. The molecule has 9 heteroatoms. The van der Waals surface area contributed by atoms with Crippen molar-refractivity contribution in [1.82, 2.24) is 29.4 Å². The van der Waals surface area contributed by atoms with Crippen LogP contribution in [0.25, 0.3) is 39.4 Å². The van der Waals surface area contributed by atoms with Crippen molar-refractivity contribution in [3.05, 3.63) is 106 Å². The first-order valence-electron chi connectivity index (χ1n) is 11.9. The van der Waals surface area contributed by atoms with Gasteiger partial charge < -0.3 is 4.74 Å². The molecule has 0 N–H and O–H groups in total. The molecule has 2 aromatic carbocycles. The number of rotatable bonds is 7. The van der Waals surface area contributed by atoms with E-state index in [0.717, 1.165) is 40.2 Å². The number of nitrogens with zero attached hydrogens (tertiary/aromatic N) is 6. The molecule has 6 aromatic rings. The van der Waals surface area contributed by atoms with E-state index in [1.54, 1.807) is 12.4 Å². The van der Waals surface area contributed by atoms with Crippen molar-refractivity contribution >= 4 is 22.4 Å². The monoisotopic (exact) mass is 506 g/mol. The van der Waals surface area contributed by atoms with E-state index in [1.807, 2.05) is 83.7 Å². The van der Waals surface area contributed by atoms with E-state index < -0.39 is 0 Å². The van der Waals surface area contributed by atoms with Crippen LogP contribution in [-0.4, -0.2) is 36.0 Å². The normalized spacial score (nSPS) is 11.9. The van der Waals surface area contributed by atoms with Gasteiger partial charge in [-0.25, -0.2) is 4.68 Å². The van der Waals surface area contributed by atoms with Gasteiger partial charge in [0.25, 0.3) is 5.56 Å². The smallest absolute Gasteiger partial charge is 0.291 e. The molecule has 0 spiro atoms. The van der Waals surface area contributed by atoms with E-state index in [0.29, 0.717) is 21.9 Å². The quantitative estimate of drug-likeness (QED) is 0.319. The second-order valence-corrected chi connectivity index (χ2v) is 9.38. The van der Waals surface area contributed by atoms with Gasteiger partial charge in [-0.1, -0.05) is 36.5 Å². The lowest BCUT2D eigenvalue weighted by atomic mass is 10.1. The number of para-hydroxylation sites is 1. The Kier molecular flexibility index (Phi) is 6.03. The Labute approximate surface area is 216 Å². The van der Waals surface area contributed by atoms with Crippen LogP contribution in [0.2, 0.25) is 0 Å². The summed E-state index contributed by atoms with van der Waals surface area (Å²) in [6.45, 7) is 2.75. The Morgan fingerprint density at radius 3 is 2.46 bits per heavy atom. The second kappa shape index (κ2) is 9.79. The molecule has 0 atom stereocenters. The first-order chi connectivity index (χ1) is 18.2. The molecule has 0 unspecified atom stereocenters. The van der Waals surface area contributed by atoms with Gasteiger partial charge >= 0.3 is 0 Å². The molecule has 182 valence electrons. The fourth-order valence-electron chi connectivity index (χ4n) is 3.96. The number of pyridine rings is 1. The number of ether oxygens (including phenoxy) is 1. The molecule has 37 heavy (non-hydrogen) atoms. The van der Waals surface area contributed by atoms with Gasteiger partial charge in [0.15, 0.2) is 5.82 Å². The summed E-state index contributed by atoms with van der Waals surface area (Å²) in [4.78, 5) is 22.4. The van der Waals surface area contributed by atoms with Gasteiger partial charge in [0, 0.05) is 35.3 Å². The van der Waals surface area contributed by atoms with E-state index in [9.17, 15) is 4.79 Å². The summed E-state index contributed by atoms with van der Waals surface area (Å²) in [6, 6.07) is 21.4. The lowest BCUT2D eigenvalue weighted by molar-refractivity contribution is 0.317. The zero-order valence-corrected chi connectivity index (χ0v) is 20.8. The molecule has 0 radical (unpaired) electrons. The van der Waals surface area contributed by atoms with Crippen molar-refractivity contribution < 1.29 is 4.74 Å². The first-order valence-corrected chi connectivity index (χ1v) is 12.7. The van der Waals surface area contributed by atoms with Crippen LogP contribution in [0.1, 0.15) is 18.9 Å². The SMILES string of the molecule is CCCOc1ccc(-c2nn(-c3ccccc3)cc2C=c2sc3nc(-c4ccncc4)nn3c2=O)cc1. The average Bonchev–Trinajstić information content (AvgIpc) is 3.64. The van der Waals surface area contributed by atoms with Crippen molar-refractivity contribution in [2.75, 3.05) is 6.61 Å². The van der Waals surface area contributed by atoms with Gasteiger partial charge in [0.2, 0.25) is 4.96 Å². The molecule has 0 fully saturated rings. The molecule has 0 amide bonds. The molecular weight excluding hydrogens is 484 g/mol. The van der Waals surface area contributed by atoms with Crippen LogP contribution in [0, 0.1) is 0 Å². The van der Waals surface area contributed by atoms with E-state index >= 15 is 0 Å². The molecule has 4 aromatic heterocycles. The highest BCUT2D eigenvalue weighted by Crippen LogP contribution is 2.26. The van der Waals surface area contributed by atoms with Crippen molar-refractivity contribution in [1.29, 1.82) is 0 Å². The molecule has 0 aliphatic heterocycles. The number of aromatic nitrogens is 6. The summed E-state index contributed by atoms with van der Waals surface area (Å²) >= 11 is 1.30. The number of fused-ring (bicyclic) bond motifs is 1. The highest BCUT2D eigenvalue weighted by molar-refractivity contribution is 7.15. The zero-order valence-electron chi connectivity index (χ0n) is 20.0. The van der Waals surface area contributed by atoms with Gasteiger partial charge in [-0.05, 0) is 61.0 Å². The summed E-state index contributed by atoms with van der Waals surface area (Å²) in [7, 11) is 0. The minimum atomic E-state index is -0.213. The maximum absolute atomic E-state index is 13.2. The fourth-order valence-corrected chi connectivity index (χ4v) is 4.86. The van der Waals surface area contributed by atoms with Crippen molar-refractivity contribution in [3.8, 4) is 34.1 Å². The van der Waals surface area contributed by atoms with Crippen LogP contribution < -0.4 is 14.8 Å². The van der Waals surface area contributed by atoms with Crippen LogP contribution in [0.15, 0.2) is 90.1 Å². The fraction of sp³-hybridized carbons (Fsp3) is 0.107. The maximum atomic E-state index is 13.2. The van der Waals surface area contributed by atoms with Crippen LogP contribution in [0.5, 0.6) is 5.75 Å². The van der Waals surface area contributed by atoms with Crippen molar-refractivity contribution in [2.45, 2.75) is 13.3 Å². The topological polar surface area (TPSA) is 87.2 Å². The van der Waals surface area contributed by atoms with Gasteiger partial charge in [-0.3, -0.25) is 9.78 Å². The molecule has 0 aliphatic carbocycles. The molecule has 4 heterocycles. The zero-order chi connectivity index (χ0) is 25.2. The highest BCUT2D eigenvalue weighted by Gasteiger charge is 2.15. The predicted octanol–water partition coefficient (Wildman–Crippen LogP) is 4.40. The minimum absolute atomic E-state index is 0.213. The number of hydrogen-bond acceptors (Lipinski definition) is 7. The lowest BCUT2D eigenvalue weighted by Gasteiger charge is -2.05. The molecule has 0 bridgehead atoms. The summed E-state index contributed by atoms with van der Waals surface area (Å²) in [6.07, 6.45) is 8.10. The largest absolute Gasteiger partial charge is 0.494 e. The molecule has 0 saturated carbocycles. The Bertz CT molecular complexity index is 1770. The maximum Gasteiger partial charge on any atom is 0.291 e. The van der Waals surface area contributed by atoms with E-state index in [4.69, 9.17) is 9.84 Å². The standard InChI is InChI=1S/C28H22N6O2S/c1-2-16-36-23-10-8-19(9-11-23)25-21(18-33(31-25)22-6-4-3-5-7-22)17-24-27(35)34-28(37-24)30-26(32-34)20-12-14-29-15-13-20/h3-15,17-18H,2,16H2,1H3. The highest BCUT2D eigenvalue weighted by atomic mass is 32.1. The number of thiazole rings is 1. The van der Waals surface area contributed by atoms with Gasteiger partial charge in [0.1, 0.15) is 11.4 Å². The third-order valence-corrected chi connectivity index (χ3v) is 6.73. The first kappa shape index (κ1) is 22.8. The van der Waals surface area contributed by atoms with Crippen LogP contribution in [0.4, 0.5) is 0 Å². The van der Waals surface area contributed by atoms with E-state index in [-0.39, 0.29) is 5.56 Å². The molecule has 0 saturated heterocycles. The van der Waals surface area contributed by atoms with Crippen molar-refractivity contribution in [3.63, 3.8) is 0 Å². The van der Waals surface area contributed by atoms with E-state index in [1.165, 1.54) is 15.9 Å².